The number of aromatic nitrogens is 2. The lowest BCUT2D eigenvalue weighted by Crippen LogP contribution is -2.45. The summed E-state index contributed by atoms with van der Waals surface area (Å²) in [7, 11) is 0. The van der Waals surface area contributed by atoms with E-state index in [9.17, 15) is 14.7 Å². The van der Waals surface area contributed by atoms with Crippen LogP contribution in [0, 0.1) is 0 Å². The molecule has 4 rings (SSSR count). The van der Waals surface area contributed by atoms with Gasteiger partial charge in [-0.15, -0.1) is 10.2 Å². The van der Waals surface area contributed by atoms with Crippen LogP contribution in [0.5, 0.6) is 0 Å². The third kappa shape index (κ3) is 3.93. The minimum Gasteiger partial charge on any atom is -0.465 e. The van der Waals surface area contributed by atoms with Gasteiger partial charge in [-0.1, -0.05) is 6.07 Å². The van der Waals surface area contributed by atoms with Crippen LogP contribution in [0.3, 0.4) is 0 Å². The van der Waals surface area contributed by atoms with Gasteiger partial charge in [0, 0.05) is 50.4 Å². The summed E-state index contributed by atoms with van der Waals surface area (Å²) < 4.78 is 0. The fraction of sp³-hybridized carbons (Fsp3) is 0.429. The van der Waals surface area contributed by atoms with Crippen molar-refractivity contribution in [3.05, 3.63) is 35.9 Å². The van der Waals surface area contributed by atoms with E-state index < -0.39 is 12.1 Å². The number of anilines is 2. The van der Waals surface area contributed by atoms with E-state index in [0.717, 1.165) is 48.8 Å². The van der Waals surface area contributed by atoms with E-state index in [1.54, 1.807) is 4.90 Å². The third-order valence-corrected chi connectivity index (χ3v) is 5.70. The largest absolute Gasteiger partial charge is 0.465 e. The van der Waals surface area contributed by atoms with Crippen LogP contribution in [0.4, 0.5) is 16.3 Å². The van der Waals surface area contributed by atoms with Gasteiger partial charge < -0.3 is 25.5 Å². The highest BCUT2D eigenvalue weighted by Crippen LogP contribution is 2.39. The normalized spacial score (nSPS) is 21.1. The SMILES string of the molecule is CC(=O)N1c2ccc(-c3ccc(N4CCNCC4)nn3)cc2C(NC(=O)O)CC1C. The molecule has 2 aliphatic rings. The number of nitrogens with zero attached hydrogens (tertiary/aromatic N) is 4. The molecular formula is C21H26N6O3. The first-order chi connectivity index (χ1) is 14.4. The van der Waals surface area contributed by atoms with Crippen molar-refractivity contribution in [1.29, 1.82) is 0 Å². The number of amides is 2. The van der Waals surface area contributed by atoms with Crippen LogP contribution in [0.2, 0.25) is 0 Å². The van der Waals surface area contributed by atoms with Crippen LogP contribution in [0.1, 0.15) is 31.9 Å². The Morgan fingerprint density at radius 3 is 2.57 bits per heavy atom. The molecule has 2 atom stereocenters. The van der Waals surface area contributed by atoms with Crippen molar-refractivity contribution in [1.82, 2.24) is 20.8 Å². The second-order valence-electron chi connectivity index (χ2n) is 7.76. The zero-order valence-corrected chi connectivity index (χ0v) is 17.1. The molecule has 0 radical (unpaired) electrons. The van der Waals surface area contributed by atoms with E-state index >= 15 is 0 Å². The summed E-state index contributed by atoms with van der Waals surface area (Å²) in [4.78, 5) is 27.4. The Bertz CT molecular complexity index is 942. The van der Waals surface area contributed by atoms with Crippen LogP contribution in [0.15, 0.2) is 30.3 Å². The highest BCUT2D eigenvalue weighted by atomic mass is 16.4. The zero-order valence-electron chi connectivity index (χ0n) is 17.1. The van der Waals surface area contributed by atoms with E-state index in [1.807, 2.05) is 37.3 Å². The molecule has 1 aromatic heterocycles. The van der Waals surface area contributed by atoms with Crippen LogP contribution in [-0.4, -0.2) is 59.5 Å². The number of carbonyl (C=O) groups is 2. The molecule has 3 heterocycles. The van der Waals surface area contributed by atoms with E-state index in [4.69, 9.17) is 0 Å². The average Bonchev–Trinajstić information content (AvgIpc) is 2.73. The lowest BCUT2D eigenvalue weighted by atomic mass is 9.90. The Kier molecular flexibility index (Phi) is 5.54. The predicted octanol–water partition coefficient (Wildman–Crippen LogP) is 2.01. The van der Waals surface area contributed by atoms with Crippen LogP contribution < -0.4 is 20.4 Å². The first-order valence-corrected chi connectivity index (χ1v) is 10.2. The molecule has 9 nitrogen and oxygen atoms in total. The lowest BCUT2D eigenvalue weighted by Gasteiger charge is -2.39. The number of rotatable bonds is 3. The van der Waals surface area contributed by atoms with Crippen molar-refractivity contribution in [2.45, 2.75) is 32.4 Å². The lowest BCUT2D eigenvalue weighted by molar-refractivity contribution is -0.117. The van der Waals surface area contributed by atoms with Gasteiger partial charge in [-0.2, -0.15) is 0 Å². The van der Waals surface area contributed by atoms with Crippen LogP contribution >= 0.6 is 0 Å². The molecule has 158 valence electrons. The van der Waals surface area contributed by atoms with Crippen molar-refractivity contribution in [3.63, 3.8) is 0 Å². The maximum atomic E-state index is 12.2. The molecule has 0 saturated carbocycles. The number of carbonyl (C=O) groups excluding carboxylic acids is 1. The van der Waals surface area contributed by atoms with Crippen LogP contribution in [0.25, 0.3) is 11.3 Å². The topological polar surface area (TPSA) is 111 Å². The van der Waals surface area contributed by atoms with Gasteiger partial charge in [-0.25, -0.2) is 4.79 Å². The number of nitrogens with one attached hydrogen (secondary N) is 2. The molecule has 2 aliphatic heterocycles. The summed E-state index contributed by atoms with van der Waals surface area (Å²) in [5.74, 6) is 0.783. The van der Waals surface area contributed by atoms with Crippen LogP contribution in [-0.2, 0) is 4.79 Å². The van der Waals surface area contributed by atoms with Gasteiger partial charge in [-0.3, -0.25) is 4.79 Å². The Labute approximate surface area is 175 Å². The van der Waals surface area contributed by atoms with E-state index in [-0.39, 0.29) is 11.9 Å². The number of hydrogen-bond donors (Lipinski definition) is 3. The molecule has 30 heavy (non-hydrogen) atoms. The van der Waals surface area contributed by atoms with Gasteiger partial charge in [-0.05, 0) is 43.2 Å². The summed E-state index contributed by atoms with van der Waals surface area (Å²) in [5.41, 5.74) is 3.05. The fourth-order valence-electron chi connectivity index (χ4n) is 4.33. The highest BCUT2D eigenvalue weighted by molar-refractivity contribution is 5.94. The molecule has 1 aromatic carbocycles. The van der Waals surface area contributed by atoms with Gasteiger partial charge in [0.1, 0.15) is 0 Å². The Morgan fingerprint density at radius 1 is 1.17 bits per heavy atom. The van der Waals surface area contributed by atoms with Gasteiger partial charge in [0.05, 0.1) is 11.7 Å². The number of carboxylic acid groups (broad SMARTS) is 1. The van der Waals surface area contributed by atoms with E-state index in [0.29, 0.717) is 12.1 Å². The maximum Gasteiger partial charge on any atom is 0.405 e. The smallest absolute Gasteiger partial charge is 0.405 e. The molecule has 2 aromatic rings. The number of benzene rings is 1. The Hall–Kier alpha value is -3.20. The second kappa shape index (κ2) is 8.27. The maximum absolute atomic E-state index is 12.2. The Balaban J connectivity index is 1.67. The Morgan fingerprint density at radius 2 is 1.93 bits per heavy atom. The van der Waals surface area contributed by atoms with E-state index in [2.05, 4.69) is 25.7 Å². The van der Waals surface area contributed by atoms with Gasteiger partial charge in [0.15, 0.2) is 5.82 Å². The molecular weight excluding hydrogens is 384 g/mol. The number of piperazine rings is 1. The molecule has 0 bridgehead atoms. The predicted molar refractivity (Wildman–Crippen MR) is 114 cm³/mol. The van der Waals surface area contributed by atoms with Crippen molar-refractivity contribution < 1.29 is 14.7 Å². The summed E-state index contributed by atoms with van der Waals surface area (Å²) in [6.07, 6.45) is -0.573. The summed E-state index contributed by atoms with van der Waals surface area (Å²) in [6, 6.07) is 9.08. The molecule has 1 saturated heterocycles. The molecule has 0 aliphatic carbocycles. The first kappa shape index (κ1) is 20.1. The standard InChI is InChI=1S/C21H26N6O3/c1-13-11-18(23-21(29)30)16-12-15(3-5-19(16)27(13)14(2)28)17-4-6-20(25-24-17)26-9-7-22-8-10-26/h3-6,12-13,18,22-23H,7-11H2,1-2H3,(H,29,30). The monoisotopic (exact) mass is 410 g/mol. The first-order valence-electron chi connectivity index (χ1n) is 10.2. The average molecular weight is 410 g/mol. The molecule has 3 N–H and O–H groups in total. The van der Waals surface area contributed by atoms with E-state index in [1.165, 1.54) is 6.92 Å². The fourth-order valence-corrected chi connectivity index (χ4v) is 4.33. The molecule has 2 unspecified atom stereocenters. The minimum atomic E-state index is -1.08. The summed E-state index contributed by atoms with van der Waals surface area (Å²) in [5, 5.41) is 24.0. The van der Waals surface area contributed by atoms with Crippen molar-refractivity contribution in [2.75, 3.05) is 36.0 Å². The molecule has 2 amide bonds. The van der Waals surface area contributed by atoms with Gasteiger partial charge in [0.2, 0.25) is 5.91 Å². The van der Waals surface area contributed by atoms with Crippen molar-refractivity contribution in [2.24, 2.45) is 0 Å². The zero-order chi connectivity index (χ0) is 21.3. The number of fused-ring (bicyclic) bond motifs is 1. The molecule has 0 spiro atoms. The van der Waals surface area contributed by atoms with Gasteiger partial charge in [0.25, 0.3) is 0 Å². The minimum absolute atomic E-state index is 0.0644. The summed E-state index contributed by atoms with van der Waals surface area (Å²) in [6.45, 7) is 7.10. The third-order valence-electron chi connectivity index (χ3n) is 5.70. The van der Waals surface area contributed by atoms with Crippen molar-refractivity contribution in [3.8, 4) is 11.3 Å². The second-order valence-corrected chi connectivity index (χ2v) is 7.76. The number of hydrogen-bond acceptors (Lipinski definition) is 6. The highest BCUT2D eigenvalue weighted by Gasteiger charge is 2.33. The van der Waals surface area contributed by atoms with Crippen molar-refractivity contribution >= 4 is 23.5 Å². The quantitative estimate of drug-likeness (QED) is 0.710. The molecule has 9 heteroatoms. The molecule has 1 fully saturated rings. The summed E-state index contributed by atoms with van der Waals surface area (Å²) >= 11 is 0. The van der Waals surface area contributed by atoms with Gasteiger partial charge >= 0.3 is 6.09 Å².